The Kier molecular flexibility index (Phi) is 6.22. The molecular formula is C16H26N4O2. The Labute approximate surface area is 132 Å². The fraction of sp³-hybridized carbons (Fsp3) is 0.500. The molecule has 122 valence electrons. The molecule has 0 bridgehead atoms. The molecule has 0 saturated heterocycles. The molecule has 1 aromatic rings. The van der Waals surface area contributed by atoms with Crippen LogP contribution in [0.4, 0.5) is 10.5 Å². The number of carbonyl (C=O) groups excluding carboxylic acids is 1. The van der Waals surface area contributed by atoms with Gasteiger partial charge in [0.2, 0.25) is 0 Å². The molecule has 3 N–H and O–H groups in total. The summed E-state index contributed by atoms with van der Waals surface area (Å²) < 4.78 is 5.26. The second kappa shape index (κ2) is 7.68. The van der Waals surface area contributed by atoms with E-state index in [1.165, 1.54) is 4.90 Å². The van der Waals surface area contributed by atoms with E-state index in [0.29, 0.717) is 19.0 Å². The van der Waals surface area contributed by atoms with E-state index in [2.05, 4.69) is 10.3 Å². The molecule has 1 amide bonds. The zero-order valence-corrected chi connectivity index (χ0v) is 14.0. The number of guanidine groups is 1. The highest BCUT2D eigenvalue weighted by Crippen LogP contribution is 2.09. The number of anilines is 1. The number of hydrogen-bond donors (Lipinski definition) is 2. The molecule has 6 nitrogen and oxygen atoms in total. The van der Waals surface area contributed by atoms with Gasteiger partial charge in [-0.05, 0) is 45.4 Å². The van der Waals surface area contributed by atoms with Gasteiger partial charge in [0, 0.05) is 19.3 Å². The van der Waals surface area contributed by atoms with Crippen molar-refractivity contribution in [3.63, 3.8) is 0 Å². The maximum absolute atomic E-state index is 11.8. The van der Waals surface area contributed by atoms with Crippen LogP contribution < -0.4 is 11.1 Å². The number of likely N-dealkylation sites (N-methyl/N-ethyl adjacent to an activating group) is 1. The number of carbonyl (C=O) groups is 1. The third-order valence-corrected chi connectivity index (χ3v) is 2.71. The van der Waals surface area contributed by atoms with E-state index >= 15 is 0 Å². The molecule has 0 unspecified atom stereocenters. The van der Waals surface area contributed by atoms with Crippen molar-refractivity contribution in [1.82, 2.24) is 4.90 Å². The van der Waals surface area contributed by atoms with E-state index in [9.17, 15) is 4.79 Å². The average molecular weight is 306 g/mol. The van der Waals surface area contributed by atoms with Gasteiger partial charge in [-0.15, -0.1) is 0 Å². The van der Waals surface area contributed by atoms with Gasteiger partial charge >= 0.3 is 6.09 Å². The lowest BCUT2D eigenvalue weighted by Gasteiger charge is -2.24. The first-order valence-electron chi connectivity index (χ1n) is 7.25. The van der Waals surface area contributed by atoms with Crippen molar-refractivity contribution in [3.8, 4) is 0 Å². The Morgan fingerprint density at radius 1 is 1.41 bits per heavy atom. The Balaban J connectivity index is 2.42. The van der Waals surface area contributed by atoms with Crippen molar-refractivity contribution in [2.24, 2.45) is 10.7 Å². The molecule has 1 aromatic carbocycles. The lowest BCUT2D eigenvalue weighted by Crippen LogP contribution is -2.36. The molecule has 0 saturated carbocycles. The van der Waals surface area contributed by atoms with Crippen LogP contribution >= 0.6 is 0 Å². The van der Waals surface area contributed by atoms with Gasteiger partial charge in [-0.2, -0.15) is 0 Å². The first-order valence-corrected chi connectivity index (χ1v) is 7.25. The number of nitrogens with two attached hydrogens (primary N) is 1. The second-order valence-corrected chi connectivity index (χ2v) is 6.16. The molecule has 0 atom stereocenters. The standard InChI is InChI=1S/C16H26N4O2/c1-12-7-6-8-13(11-12)19-14(17)18-9-10-20(5)15(21)22-16(2,3)4/h6-8,11H,9-10H2,1-5H3,(H3,17,18,19). The van der Waals surface area contributed by atoms with Gasteiger partial charge in [-0.25, -0.2) is 4.79 Å². The monoisotopic (exact) mass is 306 g/mol. The molecule has 1 rings (SSSR count). The number of hydrogen-bond acceptors (Lipinski definition) is 3. The second-order valence-electron chi connectivity index (χ2n) is 6.16. The third-order valence-electron chi connectivity index (χ3n) is 2.71. The van der Waals surface area contributed by atoms with Crippen LogP contribution in [0.25, 0.3) is 0 Å². The molecule has 0 radical (unpaired) electrons. The Morgan fingerprint density at radius 3 is 2.68 bits per heavy atom. The molecule has 6 heteroatoms. The van der Waals surface area contributed by atoms with Crippen molar-refractivity contribution < 1.29 is 9.53 Å². The maximum atomic E-state index is 11.8. The van der Waals surface area contributed by atoms with E-state index in [1.807, 2.05) is 52.0 Å². The van der Waals surface area contributed by atoms with Crippen LogP contribution in [0.5, 0.6) is 0 Å². The molecule has 0 aliphatic carbocycles. The lowest BCUT2D eigenvalue weighted by atomic mass is 10.2. The van der Waals surface area contributed by atoms with Gasteiger partial charge < -0.3 is 20.7 Å². The number of nitrogens with one attached hydrogen (secondary N) is 1. The molecule has 0 spiro atoms. The van der Waals surface area contributed by atoms with Gasteiger partial charge in [0.25, 0.3) is 0 Å². The van der Waals surface area contributed by atoms with Gasteiger partial charge in [-0.1, -0.05) is 12.1 Å². The Morgan fingerprint density at radius 2 is 2.09 bits per heavy atom. The predicted octanol–water partition coefficient (Wildman–Crippen LogP) is 2.59. The number of nitrogens with zero attached hydrogens (tertiary/aromatic N) is 2. The van der Waals surface area contributed by atoms with Crippen LogP contribution in [0.2, 0.25) is 0 Å². The van der Waals surface area contributed by atoms with E-state index in [-0.39, 0.29) is 6.09 Å². The largest absolute Gasteiger partial charge is 0.444 e. The molecular weight excluding hydrogens is 280 g/mol. The predicted molar refractivity (Wildman–Crippen MR) is 90.2 cm³/mol. The van der Waals surface area contributed by atoms with Crippen molar-refractivity contribution in [2.45, 2.75) is 33.3 Å². The Hall–Kier alpha value is -2.24. The SMILES string of the molecule is Cc1cccc(NC(N)=NCCN(C)C(=O)OC(C)(C)C)c1. The topological polar surface area (TPSA) is 80.0 Å². The van der Waals surface area contributed by atoms with Crippen LogP contribution in [0.1, 0.15) is 26.3 Å². The third kappa shape index (κ3) is 6.97. The highest BCUT2D eigenvalue weighted by atomic mass is 16.6. The number of ether oxygens (including phenoxy) is 1. The number of aryl methyl sites for hydroxylation is 1. The minimum atomic E-state index is -0.500. The summed E-state index contributed by atoms with van der Waals surface area (Å²) in [6.07, 6.45) is -0.368. The summed E-state index contributed by atoms with van der Waals surface area (Å²) in [5.74, 6) is 0.322. The highest BCUT2D eigenvalue weighted by Gasteiger charge is 2.18. The molecule has 0 heterocycles. The highest BCUT2D eigenvalue weighted by molar-refractivity contribution is 5.92. The number of aliphatic imine (C=N–C) groups is 1. The number of amides is 1. The summed E-state index contributed by atoms with van der Waals surface area (Å²) in [5.41, 5.74) is 7.36. The minimum Gasteiger partial charge on any atom is -0.444 e. The molecule has 0 aromatic heterocycles. The first kappa shape index (κ1) is 17.8. The van der Waals surface area contributed by atoms with Crippen LogP contribution in [0.3, 0.4) is 0 Å². The van der Waals surface area contributed by atoms with Crippen LogP contribution in [-0.4, -0.2) is 42.7 Å². The maximum Gasteiger partial charge on any atom is 0.410 e. The van der Waals surface area contributed by atoms with E-state index in [4.69, 9.17) is 10.5 Å². The smallest absolute Gasteiger partial charge is 0.410 e. The van der Waals surface area contributed by atoms with E-state index in [0.717, 1.165) is 11.3 Å². The summed E-state index contributed by atoms with van der Waals surface area (Å²) in [6.45, 7) is 8.35. The zero-order valence-electron chi connectivity index (χ0n) is 14.0. The van der Waals surface area contributed by atoms with Gasteiger partial charge in [0.05, 0.1) is 6.54 Å². The summed E-state index contributed by atoms with van der Waals surface area (Å²) in [4.78, 5) is 17.5. The van der Waals surface area contributed by atoms with Crippen molar-refractivity contribution in [1.29, 1.82) is 0 Å². The Bertz CT molecular complexity index is 535. The summed E-state index contributed by atoms with van der Waals surface area (Å²) in [6, 6.07) is 7.85. The van der Waals surface area contributed by atoms with Crippen molar-refractivity contribution in [3.05, 3.63) is 29.8 Å². The molecule has 0 aliphatic rings. The minimum absolute atomic E-state index is 0.322. The summed E-state index contributed by atoms with van der Waals surface area (Å²) in [5, 5.41) is 3.02. The number of benzene rings is 1. The first-order chi connectivity index (χ1) is 10.2. The molecule has 22 heavy (non-hydrogen) atoms. The summed E-state index contributed by atoms with van der Waals surface area (Å²) >= 11 is 0. The van der Waals surface area contributed by atoms with Crippen molar-refractivity contribution >= 4 is 17.7 Å². The fourth-order valence-corrected chi connectivity index (χ4v) is 1.66. The van der Waals surface area contributed by atoms with Crippen molar-refractivity contribution in [2.75, 3.05) is 25.5 Å². The van der Waals surface area contributed by atoms with Gasteiger partial charge in [0.1, 0.15) is 5.60 Å². The molecule has 0 fully saturated rings. The van der Waals surface area contributed by atoms with E-state index < -0.39 is 5.60 Å². The average Bonchev–Trinajstić information content (AvgIpc) is 2.36. The van der Waals surface area contributed by atoms with Crippen LogP contribution in [0.15, 0.2) is 29.3 Å². The lowest BCUT2D eigenvalue weighted by molar-refractivity contribution is 0.0304. The number of rotatable bonds is 4. The summed E-state index contributed by atoms with van der Waals surface area (Å²) in [7, 11) is 1.67. The fourth-order valence-electron chi connectivity index (χ4n) is 1.66. The van der Waals surface area contributed by atoms with Crippen LogP contribution in [-0.2, 0) is 4.74 Å². The molecule has 0 aliphatic heterocycles. The normalized spacial score (nSPS) is 12.0. The van der Waals surface area contributed by atoms with E-state index in [1.54, 1.807) is 7.05 Å². The quantitative estimate of drug-likeness (QED) is 0.662. The van der Waals surface area contributed by atoms with Crippen LogP contribution in [0, 0.1) is 6.92 Å². The zero-order chi connectivity index (χ0) is 16.8. The van der Waals surface area contributed by atoms with Gasteiger partial charge in [0.15, 0.2) is 5.96 Å². The van der Waals surface area contributed by atoms with Gasteiger partial charge in [-0.3, -0.25) is 4.99 Å².